The SMILES string of the molecule is Cn1ncc2c3ccccc3n(CC(=O)NCCN3CCC(Cc4ccccc4)CC3)c2c1=O. The summed E-state index contributed by atoms with van der Waals surface area (Å²) >= 11 is 0. The van der Waals surface area contributed by atoms with Gasteiger partial charge in [-0.05, 0) is 49.9 Å². The molecule has 1 amide bonds. The molecule has 0 spiro atoms. The highest BCUT2D eigenvalue weighted by Gasteiger charge is 2.20. The summed E-state index contributed by atoms with van der Waals surface area (Å²) in [5, 5.41) is 8.94. The molecule has 0 bridgehead atoms. The van der Waals surface area contributed by atoms with E-state index in [-0.39, 0.29) is 18.0 Å². The largest absolute Gasteiger partial charge is 0.353 e. The highest BCUT2D eigenvalue weighted by molar-refractivity contribution is 6.07. The Labute approximate surface area is 199 Å². The predicted octanol–water partition coefficient (Wildman–Crippen LogP) is 2.96. The zero-order valence-corrected chi connectivity index (χ0v) is 19.6. The molecule has 4 aromatic rings. The van der Waals surface area contributed by atoms with Gasteiger partial charge in [0.05, 0.1) is 6.20 Å². The quantitative estimate of drug-likeness (QED) is 0.463. The van der Waals surface area contributed by atoms with E-state index < -0.39 is 0 Å². The molecule has 0 saturated carbocycles. The Morgan fingerprint density at radius 1 is 1.03 bits per heavy atom. The minimum absolute atomic E-state index is 0.0829. The van der Waals surface area contributed by atoms with Crippen molar-refractivity contribution in [3.63, 3.8) is 0 Å². The first-order chi connectivity index (χ1) is 16.6. The number of para-hydroxylation sites is 1. The molecular weight excluding hydrogens is 426 g/mol. The van der Waals surface area contributed by atoms with Crippen LogP contribution in [0, 0.1) is 5.92 Å². The van der Waals surface area contributed by atoms with Gasteiger partial charge in [0.2, 0.25) is 5.91 Å². The molecule has 1 N–H and O–H groups in total. The molecule has 0 atom stereocenters. The fourth-order valence-electron chi connectivity index (χ4n) is 5.12. The fourth-order valence-corrected chi connectivity index (χ4v) is 5.12. The average molecular weight is 458 g/mol. The summed E-state index contributed by atoms with van der Waals surface area (Å²) in [7, 11) is 1.63. The molecule has 1 aliphatic rings. The van der Waals surface area contributed by atoms with Crippen LogP contribution in [0.1, 0.15) is 18.4 Å². The van der Waals surface area contributed by atoms with E-state index in [0.29, 0.717) is 12.1 Å². The molecular formula is C27H31N5O2. The summed E-state index contributed by atoms with van der Waals surface area (Å²) in [5.74, 6) is 0.654. The van der Waals surface area contributed by atoms with Gasteiger partial charge in [-0.1, -0.05) is 48.5 Å². The van der Waals surface area contributed by atoms with Gasteiger partial charge in [-0.15, -0.1) is 0 Å². The molecule has 3 heterocycles. The van der Waals surface area contributed by atoms with Crippen molar-refractivity contribution >= 4 is 27.7 Å². The number of rotatable bonds is 7. The van der Waals surface area contributed by atoms with E-state index in [2.05, 4.69) is 45.6 Å². The molecule has 1 aliphatic heterocycles. The van der Waals surface area contributed by atoms with E-state index in [9.17, 15) is 9.59 Å². The maximum atomic E-state index is 12.8. The third-order valence-corrected chi connectivity index (χ3v) is 6.99. The van der Waals surface area contributed by atoms with Gasteiger partial charge in [0.15, 0.2) is 0 Å². The molecule has 2 aromatic carbocycles. The van der Waals surface area contributed by atoms with Crippen LogP contribution in [0.3, 0.4) is 0 Å². The van der Waals surface area contributed by atoms with Gasteiger partial charge < -0.3 is 14.8 Å². The van der Waals surface area contributed by atoms with Gasteiger partial charge in [0.1, 0.15) is 12.1 Å². The van der Waals surface area contributed by atoms with Crippen LogP contribution in [0.5, 0.6) is 0 Å². The second-order valence-electron chi connectivity index (χ2n) is 9.26. The monoisotopic (exact) mass is 457 g/mol. The number of aromatic nitrogens is 3. The van der Waals surface area contributed by atoms with E-state index in [0.717, 1.165) is 48.3 Å². The van der Waals surface area contributed by atoms with Crippen molar-refractivity contribution in [3.05, 3.63) is 76.7 Å². The lowest BCUT2D eigenvalue weighted by Gasteiger charge is -2.32. The van der Waals surface area contributed by atoms with Gasteiger partial charge in [-0.2, -0.15) is 5.10 Å². The molecule has 7 nitrogen and oxygen atoms in total. The standard InChI is InChI=1S/C27H31N5O2/c1-30-27(34)26-23(18-29-30)22-9-5-6-10-24(22)32(26)19-25(33)28-13-16-31-14-11-21(12-15-31)17-20-7-3-2-4-8-20/h2-10,18,21H,11-17,19H2,1H3,(H,28,33). The number of nitrogens with zero attached hydrogens (tertiary/aromatic N) is 4. The number of hydrogen-bond acceptors (Lipinski definition) is 4. The van der Waals surface area contributed by atoms with Crippen molar-refractivity contribution in [1.82, 2.24) is 24.6 Å². The Morgan fingerprint density at radius 3 is 2.56 bits per heavy atom. The number of fused-ring (bicyclic) bond motifs is 3. The number of carbonyl (C=O) groups is 1. The van der Waals surface area contributed by atoms with E-state index >= 15 is 0 Å². The zero-order chi connectivity index (χ0) is 23.5. The van der Waals surface area contributed by atoms with Crippen LogP contribution >= 0.6 is 0 Å². The Morgan fingerprint density at radius 2 is 1.76 bits per heavy atom. The van der Waals surface area contributed by atoms with Gasteiger partial charge in [0.25, 0.3) is 5.56 Å². The maximum Gasteiger partial charge on any atom is 0.291 e. The number of benzene rings is 2. The summed E-state index contributed by atoms with van der Waals surface area (Å²) in [4.78, 5) is 28.1. The van der Waals surface area contributed by atoms with E-state index in [1.54, 1.807) is 13.2 Å². The molecule has 2 aromatic heterocycles. The van der Waals surface area contributed by atoms with Crippen LogP contribution in [0.15, 0.2) is 65.6 Å². The molecule has 5 rings (SSSR count). The van der Waals surface area contributed by atoms with Crippen molar-refractivity contribution in [1.29, 1.82) is 0 Å². The summed E-state index contributed by atoms with van der Waals surface area (Å²) in [6.07, 6.45) is 5.25. The van der Waals surface area contributed by atoms with Crippen molar-refractivity contribution in [2.24, 2.45) is 13.0 Å². The van der Waals surface area contributed by atoms with Crippen LogP contribution in [0.4, 0.5) is 0 Å². The van der Waals surface area contributed by atoms with E-state index in [4.69, 9.17) is 0 Å². The van der Waals surface area contributed by atoms with Crippen molar-refractivity contribution < 1.29 is 4.79 Å². The highest BCUT2D eigenvalue weighted by Crippen LogP contribution is 2.26. The van der Waals surface area contributed by atoms with Gasteiger partial charge in [-0.3, -0.25) is 9.59 Å². The lowest BCUT2D eigenvalue weighted by molar-refractivity contribution is -0.121. The summed E-state index contributed by atoms with van der Waals surface area (Å²) in [5.41, 5.74) is 2.62. The van der Waals surface area contributed by atoms with E-state index in [1.807, 2.05) is 28.8 Å². The summed E-state index contributed by atoms with van der Waals surface area (Å²) in [6, 6.07) is 18.5. The minimum atomic E-state index is -0.195. The van der Waals surface area contributed by atoms with Crippen molar-refractivity contribution in [2.45, 2.75) is 25.8 Å². The van der Waals surface area contributed by atoms with Crippen LogP contribution in [-0.2, 0) is 24.8 Å². The Hall–Kier alpha value is -3.45. The molecule has 1 fully saturated rings. The third kappa shape index (κ3) is 4.61. The zero-order valence-electron chi connectivity index (χ0n) is 19.6. The Balaban J connectivity index is 1.17. The predicted molar refractivity (Wildman–Crippen MR) is 135 cm³/mol. The molecule has 0 radical (unpaired) electrons. The van der Waals surface area contributed by atoms with E-state index in [1.165, 1.54) is 23.1 Å². The molecule has 7 heteroatoms. The smallest absolute Gasteiger partial charge is 0.291 e. The second kappa shape index (κ2) is 9.81. The van der Waals surface area contributed by atoms with Crippen molar-refractivity contribution in [3.8, 4) is 0 Å². The Kier molecular flexibility index (Phi) is 6.45. The molecule has 176 valence electrons. The average Bonchev–Trinajstić information content (AvgIpc) is 3.17. The first-order valence-corrected chi connectivity index (χ1v) is 12.1. The third-order valence-electron chi connectivity index (χ3n) is 6.99. The van der Waals surface area contributed by atoms with Crippen LogP contribution in [0.2, 0.25) is 0 Å². The number of aryl methyl sites for hydroxylation is 1. The number of carbonyl (C=O) groups excluding carboxylic acids is 1. The van der Waals surface area contributed by atoms with Gasteiger partial charge in [-0.25, -0.2) is 4.68 Å². The number of piperidine rings is 1. The molecule has 0 unspecified atom stereocenters. The molecule has 0 aliphatic carbocycles. The number of nitrogens with one attached hydrogen (secondary N) is 1. The number of likely N-dealkylation sites (tertiary alicyclic amines) is 1. The lowest BCUT2D eigenvalue weighted by atomic mass is 9.90. The second-order valence-corrected chi connectivity index (χ2v) is 9.26. The number of hydrogen-bond donors (Lipinski definition) is 1. The van der Waals surface area contributed by atoms with Gasteiger partial charge >= 0.3 is 0 Å². The fraction of sp³-hybridized carbons (Fsp3) is 0.370. The maximum absolute atomic E-state index is 12.8. The molecule has 34 heavy (non-hydrogen) atoms. The van der Waals surface area contributed by atoms with Crippen molar-refractivity contribution in [2.75, 3.05) is 26.2 Å². The van der Waals surface area contributed by atoms with Crippen LogP contribution < -0.4 is 10.9 Å². The first kappa shape index (κ1) is 22.3. The van der Waals surface area contributed by atoms with Gasteiger partial charge in [0, 0.05) is 36.4 Å². The van der Waals surface area contributed by atoms with Crippen LogP contribution in [-0.4, -0.2) is 51.3 Å². The summed E-state index contributed by atoms with van der Waals surface area (Å²) in [6.45, 7) is 3.72. The minimum Gasteiger partial charge on any atom is -0.353 e. The number of amides is 1. The lowest BCUT2D eigenvalue weighted by Crippen LogP contribution is -2.40. The normalized spacial score (nSPS) is 15.2. The first-order valence-electron chi connectivity index (χ1n) is 12.1. The highest BCUT2D eigenvalue weighted by atomic mass is 16.2. The molecule has 1 saturated heterocycles. The topological polar surface area (TPSA) is 72.2 Å². The van der Waals surface area contributed by atoms with Crippen LogP contribution in [0.25, 0.3) is 21.8 Å². The summed E-state index contributed by atoms with van der Waals surface area (Å²) < 4.78 is 3.14. The Bertz CT molecular complexity index is 1350.